The number of benzene rings is 2. The number of hydrogen-bond acceptors (Lipinski definition) is 4. The maximum absolute atomic E-state index is 11.8. The molecule has 0 fully saturated rings. The summed E-state index contributed by atoms with van der Waals surface area (Å²) in [4.78, 5) is 13.7. The standard InChI is InChI=1S/C19H24N2O3/c1-21(13-8-14-24-17-11-6-3-7-12-17)15-19(23,18(20)22)16-9-4-2-5-10-16/h2-7,9-12,23H,8,13-15H2,1H3,(H2,20,22)/t19-/m1/s1. The summed E-state index contributed by atoms with van der Waals surface area (Å²) in [5, 5.41) is 10.7. The van der Waals surface area contributed by atoms with Crippen molar-refractivity contribution in [2.45, 2.75) is 12.0 Å². The van der Waals surface area contributed by atoms with Gasteiger partial charge >= 0.3 is 0 Å². The first kappa shape index (κ1) is 18.0. The Hall–Kier alpha value is -2.37. The van der Waals surface area contributed by atoms with Crippen molar-refractivity contribution < 1.29 is 14.6 Å². The van der Waals surface area contributed by atoms with Crippen LogP contribution in [0.25, 0.3) is 0 Å². The minimum Gasteiger partial charge on any atom is -0.494 e. The fraction of sp³-hybridized carbons (Fsp3) is 0.316. The van der Waals surface area contributed by atoms with Crippen LogP contribution in [0.15, 0.2) is 60.7 Å². The average molecular weight is 328 g/mol. The molecule has 2 aromatic rings. The molecule has 5 heteroatoms. The monoisotopic (exact) mass is 328 g/mol. The molecule has 24 heavy (non-hydrogen) atoms. The fourth-order valence-corrected chi connectivity index (χ4v) is 2.54. The number of carbonyl (C=O) groups excluding carboxylic acids is 1. The minimum atomic E-state index is -1.70. The maximum atomic E-state index is 11.8. The van der Waals surface area contributed by atoms with Gasteiger partial charge in [-0.25, -0.2) is 0 Å². The van der Waals surface area contributed by atoms with Crippen molar-refractivity contribution in [2.75, 3.05) is 26.7 Å². The minimum absolute atomic E-state index is 0.137. The van der Waals surface area contributed by atoms with E-state index in [0.29, 0.717) is 18.7 Å². The van der Waals surface area contributed by atoms with Gasteiger partial charge < -0.3 is 20.5 Å². The highest BCUT2D eigenvalue weighted by Crippen LogP contribution is 2.21. The van der Waals surface area contributed by atoms with E-state index in [4.69, 9.17) is 10.5 Å². The number of primary amides is 1. The van der Waals surface area contributed by atoms with Gasteiger partial charge in [-0.3, -0.25) is 4.79 Å². The molecule has 2 rings (SSSR count). The topological polar surface area (TPSA) is 75.8 Å². The van der Waals surface area contributed by atoms with Gasteiger partial charge in [-0.05, 0) is 31.2 Å². The number of ether oxygens (including phenoxy) is 1. The molecule has 3 N–H and O–H groups in total. The fourth-order valence-electron chi connectivity index (χ4n) is 2.54. The zero-order chi connectivity index (χ0) is 17.4. The molecule has 0 aliphatic rings. The quantitative estimate of drug-likeness (QED) is 0.688. The summed E-state index contributed by atoms with van der Waals surface area (Å²) in [6.07, 6.45) is 0.773. The summed E-state index contributed by atoms with van der Waals surface area (Å²) in [5.74, 6) is 0.0826. The predicted molar refractivity (Wildman–Crippen MR) is 93.6 cm³/mol. The van der Waals surface area contributed by atoms with E-state index in [1.807, 2.05) is 48.3 Å². The van der Waals surface area contributed by atoms with Crippen LogP contribution in [0.2, 0.25) is 0 Å². The van der Waals surface area contributed by atoms with Gasteiger partial charge in [0.1, 0.15) is 5.75 Å². The van der Waals surface area contributed by atoms with Crippen molar-refractivity contribution in [2.24, 2.45) is 5.73 Å². The van der Waals surface area contributed by atoms with E-state index in [0.717, 1.165) is 12.2 Å². The average Bonchev–Trinajstić information content (AvgIpc) is 2.60. The molecular weight excluding hydrogens is 304 g/mol. The SMILES string of the molecule is CN(CCCOc1ccccc1)C[C@](O)(C(N)=O)c1ccccc1. The van der Waals surface area contributed by atoms with Crippen molar-refractivity contribution in [1.29, 1.82) is 0 Å². The van der Waals surface area contributed by atoms with Crippen LogP contribution >= 0.6 is 0 Å². The van der Waals surface area contributed by atoms with E-state index in [1.54, 1.807) is 24.3 Å². The van der Waals surface area contributed by atoms with Crippen LogP contribution in [0.3, 0.4) is 0 Å². The summed E-state index contributed by atoms with van der Waals surface area (Å²) in [6, 6.07) is 18.4. The van der Waals surface area contributed by atoms with E-state index in [9.17, 15) is 9.90 Å². The zero-order valence-electron chi connectivity index (χ0n) is 13.9. The predicted octanol–water partition coefficient (Wildman–Crippen LogP) is 1.76. The number of likely N-dealkylation sites (N-methyl/N-ethyl adjacent to an activating group) is 1. The Morgan fingerprint density at radius 3 is 2.29 bits per heavy atom. The first-order valence-corrected chi connectivity index (χ1v) is 7.96. The van der Waals surface area contributed by atoms with Gasteiger partial charge in [-0.1, -0.05) is 48.5 Å². The van der Waals surface area contributed by atoms with Crippen LogP contribution in [0.4, 0.5) is 0 Å². The Bertz CT molecular complexity index is 634. The lowest BCUT2D eigenvalue weighted by Gasteiger charge is -2.30. The lowest BCUT2D eigenvalue weighted by molar-refractivity contribution is -0.139. The van der Waals surface area contributed by atoms with Crippen molar-refractivity contribution in [3.05, 3.63) is 66.2 Å². The molecule has 0 unspecified atom stereocenters. The van der Waals surface area contributed by atoms with E-state index in [-0.39, 0.29) is 6.54 Å². The number of nitrogens with zero attached hydrogens (tertiary/aromatic N) is 1. The van der Waals surface area contributed by atoms with Crippen molar-refractivity contribution in [3.8, 4) is 5.75 Å². The van der Waals surface area contributed by atoms with Crippen molar-refractivity contribution >= 4 is 5.91 Å². The molecule has 128 valence electrons. The molecular formula is C19H24N2O3. The second-order valence-corrected chi connectivity index (χ2v) is 5.84. The first-order valence-electron chi connectivity index (χ1n) is 7.96. The van der Waals surface area contributed by atoms with Crippen molar-refractivity contribution in [3.63, 3.8) is 0 Å². The van der Waals surface area contributed by atoms with Gasteiger partial charge in [0.05, 0.1) is 6.61 Å². The van der Waals surface area contributed by atoms with Gasteiger partial charge in [0.2, 0.25) is 0 Å². The molecule has 0 aliphatic carbocycles. The molecule has 0 bridgehead atoms. The third kappa shape index (κ3) is 4.81. The molecule has 0 heterocycles. The third-order valence-corrected chi connectivity index (χ3v) is 3.85. The lowest BCUT2D eigenvalue weighted by atomic mass is 9.92. The second-order valence-electron chi connectivity index (χ2n) is 5.84. The van der Waals surface area contributed by atoms with Gasteiger partial charge in [0, 0.05) is 13.1 Å². The lowest BCUT2D eigenvalue weighted by Crippen LogP contribution is -2.49. The Balaban J connectivity index is 1.85. The van der Waals surface area contributed by atoms with Crippen LogP contribution in [0, 0.1) is 0 Å². The molecule has 0 saturated heterocycles. The molecule has 1 atom stereocenters. The van der Waals surface area contributed by atoms with Crippen LogP contribution in [-0.4, -0.2) is 42.7 Å². The number of amides is 1. The normalized spacial score (nSPS) is 13.5. The Labute approximate surface area is 142 Å². The number of carbonyl (C=O) groups is 1. The highest BCUT2D eigenvalue weighted by Gasteiger charge is 2.36. The van der Waals surface area contributed by atoms with E-state index in [1.165, 1.54) is 0 Å². The Morgan fingerprint density at radius 1 is 1.12 bits per heavy atom. The third-order valence-electron chi connectivity index (χ3n) is 3.85. The number of rotatable bonds is 9. The zero-order valence-corrected chi connectivity index (χ0v) is 13.9. The van der Waals surface area contributed by atoms with Gasteiger partial charge in [0.15, 0.2) is 5.60 Å². The van der Waals surface area contributed by atoms with Crippen LogP contribution in [-0.2, 0) is 10.4 Å². The van der Waals surface area contributed by atoms with Gasteiger partial charge in [-0.15, -0.1) is 0 Å². The number of hydrogen-bond donors (Lipinski definition) is 2. The second kappa shape index (κ2) is 8.47. The van der Waals surface area contributed by atoms with Gasteiger partial charge in [0.25, 0.3) is 5.91 Å². The molecule has 2 aromatic carbocycles. The molecule has 1 amide bonds. The number of nitrogens with two attached hydrogens (primary N) is 1. The number of para-hydroxylation sites is 1. The van der Waals surface area contributed by atoms with Gasteiger partial charge in [-0.2, -0.15) is 0 Å². The number of aliphatic hydroxyl groups is 1. The molecule has 0 aromatic heterocycles. The summed E-state index contributed by atoms with van der Waals surface area (Å²) < 4.78 is 5.64. The molecule has 5 nitrogen and oxygen atoms in total. The Morgan fingerprint density at radius 2 is 1.71 bits per heavy atom. The van der Waals surface area contributed by atoms with Crippen LogP contribution in [0.5, 0.6) is 5.75 Å². The molecule has 0 spiro atoms. The maximum Gasteiger partial charge on any atom is 0.255 e. The van der Waals surface area contributed by atoms with E-state index in [2.05, 4.69) is 0 Å². The van der Waals surface area contributed by atoms with Crippen molar-refractivity contribution in [1.82, 2.24) is 4.90 Å². The first-order chi connectivity index (χ1) is 11.5. The van der Waals surface area contributed by atoms with Crippen LogP contribution < -0.4 is 10.5 Å². The highest BCUT2D eigenvalue weighted by atomic mass is 16.5. The molecule has 0 saturated carbocycles. The summed E-state index contributed by atoms with van der Waals surface area (Å²) >= 11 is 0. The highest BCUT2D eigenvalue weighted by molar-refractivity contribution is 5.85. The largest absolute Gasteiger partial charge is 0.494 e. The Kier molecular flexibility index (Phi) is 6.35. The van der Waals surface area contributed by atoms with E-state index < -0.39 is 11.5 Å². The smallest absolute Gasteiger partial charge is 0.255 e. The summed E-state index contributed by atoms with van der Waals surface area (Å²) in [6.45, 7) is 1.38. The summed E-state index contributed by atoms with van der Waals surface area (Å²) in [7, 11) is 1.85. The van der Waals surface area contributed by atoms with Crippen LogP contribution in [0.1, 0.15) is 12.0 Å². The van der Waals surface area contributed by atoms with E-state index >= 15 is 0 Å². The summed E-state index contributed by atoms with van der Waals surface area (Å²) in [5.41, 5.74) is 4.25. The molecule has 0 aliphatic heterocycles. The molecule has 0 radical (unpaired) electrons.